The third kappa shape index (κ3) is 5.62. The molecule has 0 aliphatic heterocycles. The molecule has 1 rings (SSSR count). The highest BCUT2D eigenvalue weighted by Crippen LogP contribution is 2.44. The topological polar surface area (TPSA) is 12.0 Å². The number of hydrogen-bond acceptors (Lipinski definition) is 2. The summed E-state index contributed by atoms with van der Waals surface area (Å²) in [5.74, 6) is -0.664. The molecule has 8 heteroatoms. The molecule has 0 unspecified atom stereocenters. The minimum atomic E-state index is -5.51. The van der Waals surface area contributed by atoms with Gasteiger partial charge in [0.1, 0.15) is 5.82 Å². The van der Waals surface area contributed by atoms with Crippen LogP contribution in [0.4, 0.5) is 26.3 Å². The Kier molecular flexibility index (Phi) is 6.19. The number of nitrogens with one attached hydrogen (secondary N) is 1. The molecule has 114 valence electrons. The molecule has 0 spiro atoms. The number of alkyl halides is 5. The van der Waals surface area contributed by atoms with Crippen LogP contribution in [0.15, 0.2) is 24.3 Å². The SMILES string of the molecule is Fc1ccc(CNCCCSC(F)(F)C(F)(F)F)cc1. The van der Waals surface area contributed by atoms with Crippen molar-refractivity contribution in [2.24, 2.45) is 0 Å². The van der Waals surface area contributed by atoms with Crippen LogP contribution in [0.5, 0.6) is 0 Å². The molecule has 0 saturated carbocycles. The molecule has 1 nitrogen and oxygen atoms in total. The highest BCUT2D eigenvalue weighted by molar-refractivity contribution is 8.00. The van der Waals surface area contributed by atoms with Gasteiger partial charge in [-0.15, -0.1) is 0 Å². The summed E-state index contributed by atoms with van der Waals surface area (Å²) in [6.07, 6.45) is -5.34. The van der Waals surface area contributed by atoms with Crippen LogP contribution in [0.3, 0.4) is 0 Å². The first-order valence-electron chi connectivity index (χ1n) is 5.76. The van der Waals surface area contributed by atoms with Gasteiger partial charge in [-0.2, -0.15) is 22.0 Å². The largest absolute Gasteiger partial charge is 0.464 e. The minimum Gasteiger partial charge on any atom is -0.313 e. The monoisotopic (exact) mass is 317 g/mol. The lowest BCUT2D eigenvalue weighted by Gasteiger charge is -2.18. The molecule has 0 aliphatic carbocycles. The Balaban J connectivity index is 2.15. The maximum absolute atomic E-state index is 12.6. The molecule has 0 radical (unpaired) electrons. The predicted octanol–water partition coefficient (Wildman–Crippen LogP) is 4.19. The maximum Gasteiger partial charge on any atom is 0.464 e. The lowest BCUT2D eigenvalue weighted by atomic mass is 10.2. The highest BCUT2D eigenvalue weighted by Gasteiger charge is 2.57. The van der Waals surface area contributed by atoms with Gasteiger partial charge in [0.05, 0.1) is 0 Å². The molecule has 0 amide bonds. The maximum atomic E-state index is 12.6. The van der Waals surface area contributed by atoms with Gasteiger partial charge in [0.2, 0.25) is 0 Å². The molecule has 20 heavy (non-hydrogen) atoms. The molecule has 0 saturated heterocycles. The smallest absolute Gasteiger partial charge is 0.313 e. The Morgan fingerprint density at radius 2 is 1.60 bits per heavy atom. The molecule has 0 bridgehead atoms. The van der Waals surface area contributed by atoms with Gasteiger partial charge in [-0.3, -0.25) is 0 Å². The first kappa shape index (κ1) is 17.2. The van der Waals surface area contributed by atoms with E-state index < -0.39 is 23.2 Å². The molecule has 0 aliphatic rings. The summed E-state index contributed by atoms with van der Waals surface area (Å²) in [5.41, 5.74) is 0.805. The van der Waals surface area contributed by atoms with Crippen LogP contribution in [0.1, 0.15) is 12.0 Å². The van der Waals surface area contributed by atoms with Crippen molar-refractivity contribution in [3.05, 3.63) is 35.6 Å². The first-order valence-corrected chi connectivity index (χ1v) is 6.74. The lowest BCUT2D eigenvalue weighted by Crippen LogP contribution is -2.33. The van der Waals surface area contributed by atoms with Crippen molar-refractivity contribution in [3.8, 4) is 0 Å². The first-order chi connectivity index (χ1) is 9.22. The van der Waals surface area contributed by atoms with Crippen molar-refractivity contribution >= 4 is 11.8 Å². The van der Waals surface area contributed by atoms with E-state index in [9.17, 15) is 26.3 Å². The standard InChI is InChI=1S/C12H13F6NS/c13-10-4-2-9(3-5-10)8-19-6-1-7-20-12(17,18)11(14,15)16/h2-5,19H,1,6-8H2. The fourth-order valence-electron chi connectivity index (χ4n) is 1.31. The summed E-state index contributed by atoms with van der Waals surface area (Å²) in [5, 5.41) is -1.82. The zero-order chi connectivity index (χ0) is 15.2. The zero-order valence-corrected chi connectivity index (χ0v) is 11.1. The van der Waals surface area contributed by atoms with Crippen LogP contribution in [-0.2, 0) is 6.54 Å². The van der Waals surface area contributed by atoms with E-state index in [1.165, 1.54) is 12.1 Å². The van der Waals surface area contributed by atoms with Crippen molar-refractivity contribution in [2.75, 3.05) is 12.3 Å². The Hall–Kier alpha value is -0.890. The third-order valence-corrected chi connectivity index (χ3v) is 3.44. The van der Waals surface area contributed by atoms with E-state index in [0.29, 0.717) is 13.1 Å². The second-order valence-corrected chi connectivity index (χ2v) is 5.23. The van der Waals surface area contributed by atoms with Gasteiger partial charge in [-0.05, 0) is 30.7 Å². The summed E-state index contributed by atoms with van der Waals surface area (Å²) in [4.78, 5) is 0. The van der Waals surface area contributed by atoms with Crippen molar-refractivity contribution in [3.63, 3.8) is 0 Å². The van der Waals surface area contributed by atoms with E-state index in [1.54, 1.807) is 12.1 Å². The third-order valence-electron chi connectivity index (χ3n) is 2.35. The summed E-state index contributed by atoms with van der Waals surface area (Å²) in [6.45, 7) is 0.707. The number of thioether (sulfide) groups is 1. The van der Waals surface area contributed by atoms with Crippen LogP contribution < -0.4 is 5.32 Å². The van der Waals surface area contributed by atoms with E-state index in [2.05, 4.69) is 5.32 Å². The summed E-state index contributed by atoms with van der Waals surface area (Å²) in [6, 6.07) is 5.71. The van der Waals surface area contributed by atoms with Gasteiger partial charge in [0.15, 0.2) is 0 Å². The Morgan fingerprint density at radius 3 is 2.15 bits per heavy atom. The Bertz CT molecular complexity index is 403. The fourth-order valence-corrected chi connectivity index (χ4v) is 2.02. The van der Waals surface area contributed by atoms with E-state index in [4.69, 9.17) is 0 Å². The summed E-state index contributed by atoms with van der Waals surface area (Å²) in [7, 11) is 0. The molecule has 0 aromatic heterocycles. The second-order valence-electron chi connectivity index (χ2n) is 4.02. The molecular weight excluding hydrogens is 304 g/mol. The Labute approximate surface area is 116 Å². The summed E-state index contributed by atoms with van der Waals surface area (Å²) < 4.78 is 73.2. The molecule has 1 N–H and O–H groups in total. The average molecular weight is 317 g/mol. The molecule has 1 aromatic carbocycles. The fraction of sp³-hybridized carbons (Fsp3) is 0.500. The average Bonchev–Trinajstić information content (AvgIpc) is 2.34. The Morgan fingerprint density at radius 1 is 1.00 bits per heavy atom. The van der Waals surface area contributed by atoms with Gasteiger partial charge in [-0.25, -0.2) is 4.39 Å². The van der Waals surface area contributed by atoms with Crippen LogP contribution >= 0.6 is 11.8 Å². The minimum absolute atomic E-state index is 0.178. The predicted molar refractivity (Wildman–Crippen MR) is 66.2 cm³/mol. The van der Waals surface area contributed by atoms with Gasteiger partial charge < -0.3 is 5.32 Å². The van der Waals surface area contributed by atoms with Crippen LogP contribution in [-0.4, -0.2) is 23.7 Å². The van der Waals surface area contributed by atoms with Gasteiger partial charge >= 0.3 is 11.4 Å². The van der Waals surface area contributed by atoms with E-state index in [-0.39, 0.29) is 18.0 Å². The molecule has 1 aromatic rings. The molecule has 0 atom stereocenters. The van der Waals surface area contributed by atoms with Crippen molar-refractivity contribution < 1.29 is 26.3 Å². The number of rotatable bonds is 7. The number of hydrogen-bond donors (Lipinski definition) is 1. The highest BCUT2D eigenvalue weighted by atomic mass is 32.2. The van der Waals surface area contributed by atoms with Crippen LogP contribution in [0, 0.1) is 5.82 Å². The van der Waals surface area contributed by atoms with Gasteiger partial charge in [0.25, 0.3) is 0 Å². The normalized spacial score (nSPS) is 12.7. The molecular formula is C12H13F6NS. The quantitative estimate of drug-likeness (QED) is 0.598. The van der Waals surface area contributed by atoms with E-state index >= 15 is 0 Å². The summed E-state index contributed by atoms with van der Waals surface area (Å²) >= 11 is -0.414. The second kappa shape index (κ2) is 7.21. The van der Waals surface area contributed by atoms with Crippen LogP contribution in [0.2, 0.25) is 0 Å². The van der Waals surface area contributed by atoms with Crippen LogP contribution in [0.25, 0.3) is 0 Å². The van der Waals surface area contributed by atoms with Crippen molar-refractivity contribution in [1.82, 2.24) is 5.32 Å². The zero-order valence-electron chi connectivity index (χ0n) is 10.3. The van der Waals surface area contributed by atoms with Gasteiger partial charge in [0, 0.05) is 12.3 Å². The van der Waals surface area contributed by atoms with E-state index in [1.807, 2.05) is 0 Å². The van der Waals surface area contributed by atoms with Gasteiger partial charge in [-0.1, -0.05) is 23.9 Å². The number of halogens is 6. The van der Waals surface area contributed by atoms with E-state index in [0.717, 1.165) is 5.56 Å². The molecule has 0 fully saturated rings. The molecule has 0 heterocycles. The van der Waals surface area contributed by atoms with Crippen molar-refractivity contribution in [2.45, 2.75) is 24.4 Å². The number of benzene rings is 1. The van der Waals surface area contributed by atoms with Crippen molar-refractivity contribution in [1.29, 1.82) is 0 Å². The lowest BCUT2D eigenvalue weighted by molar-refractivity contribution is -0.237.